The first-order chi connectivity index (χ1) is 7.76. The largest absolute Gasteiger partial charge is 0.502 e. The maximum absolute atomic E-state index is 9.78. The van der Waals surface area contributed by atoms with E-state index in [1.807, 2.05) is 23.9 Å². The minimum absolute atomic E-state index is 0.0525. The molecule has 0 aliphatic carbocycles. The van der Waals surface area contributed by atoms with E-state index in [9.17, 15) is 5.11 Å². The van der Waals surface area contributed by atoms with E-state index in [1.54, 1.807) is 0 Å². The standard InChI is InChI=1S/C11H15NO3S/c1-14-8-5-7(11-12-3-4-16-11)6-9(15-2)10(8)13/h5-6,11-13H,3-4H2,1-2H3. The molecule has 1 aliphatic rings. The smallest absolute Gasteiger partial charge is 0.200 e. The van der Waals surface area contributed by atoms with E-state index in [0.29, 0.717) is 11.5 Å². The number of rotatable bonds is 3. The molecule has 1 aromatic carbocycles. The zero-order chi connectivity index (χ0) is 11.5. The summed E-state index contributed by atoms with van der Waals surface area (Å²) in [6, 6.07) is 3.68. The number of hydrogen-bond donors (Lipinski definition) is 2. The van der Waals surface area contributed by atoms with E-state index >= 15 is 0 Å². The Morgan fingerprint density at radius 3 is 2.38 bits per heavy atom. The highest BCUT2D eigenvalue weighted by atomic mass is 32.2. The van der Waals surface area contributed by atoms with Crippen molar-refractivity contribution in [3.63, 3.8) is 0 Å². The van der Waals surface area contributed by atoms with Crippen molar-refractivity contribution in [2.24, 2.45) is 0 Å². The van der Waals surface area contributed by atoms with Crippen LogP contribution in [0.2, 0.25) is 0 Å². The fourth-order valence-electron chi connectivity index (χ4n) is 1.70. The lowest BCUT2D eigenvalue weighted by Gasteiger charge is -2.14. The van der Waals surface area contributed by atoms with Gasteiger partial charge in [-0.3, -0.25) is 0 Å². The lowest BCUT2D eigenvalue weighted by atomic mass is 10.1. The molecular weight excluding hydrogens is 226 g/mol. The van der Waals surface area contributed by atoms with Gasteiger partial charge in [-0.2, -0.15) is 0 Å². The molecular formula is C11H15NO3S. The molecule has 0 radical (unpaired) electrons. The van der Waals surface area contributed by atoms with Crippen molar-refractivity contribution in [3.8, 4) is 17.2 Å². The number of benzene rings is 1. The lowest BCUT2D eigenvalue weighted by molar-refractivity contribution is 0.339. The summed E-state index contributed by atoms with van der Waals surface area (Å²) in [4.78, 5) is 0. The van der Waals surface area contributed by atoms with Gasteiger partial charge in [0.25, 0.3) is 0 Å². The van der Waals surface area contributed by atoms with Crippen LogP contribution in [0, 0.1) is 0 Å². The van der Waals surface area contributed by atoms with Crippen molar-refractivity contribution >= 4 is 11.8 Å². The zero-order valence-electron chi connectivity index (χ0n) is 9.32. The van der Waals surface area contributed by atoms with Gasteiger partial charge in [-0.25, -0.2) is 0 Å². The van der Waals surface area contributed by atoms with Crippen LogP contribution < -0.4 is 14.8 Å². The molecule has 2 rings (SSSR count). The number of phenols is 1. The summed E-state index contributed by atoms with van der Waals surface area (Å²) >= 11 is 1.84. The van der Waals surface area contributed by atoms with Gasteiger partial charge < -0.3 is 19.9 Å². The van der Waals surface area contributed by atoms with Gasteiger partial charge in [-0.15, -0.1) is 11.8 Å². The number of thioether (sulfide) groups is 1. The minimum Gasteiger partial charge on any atom is -0.502 e. The van der Waals surface area contributed by atoms with Crippen molar-refractivity contribution in [2.45, 2.75) is 5.37 Å². The highest BCUT2D eigenvalue weighted by molar-refractivity contribution is 7.99. The summed E-state index contributed by atoms with van der Waals surface area (Å²) in [6.45, 7) is 1.00. The Labute approximate surface area is 98.9 Å². The first kappa shape index (κ1) is 11.4. The van der Waals surface area contributed by atoms with Gasteiger partial charge in [-0.1, -0.05) is 0 Å². The second-order valence-electron chi connectivity index (χ2n) is 3.48. The summed E-state index contributed by atoms with van der Waals surface area (Å²) in [6.07, 6.45) is 0. The molecule has 1 unspecified atom stereocenters. The molecule has 0 saturated carbocycles. The van der Waals surface area contributed by atoms with Crippen LogP contribution in [0.3, 0.4) is 0 Å². The van der Waals surface area contributed by atoms with Crippen LogP contribution in [0.25, 0.3) is 0 Å². The average Bonchev–Trinajstić information content (AvgIpc) is 2.83. The Morgan fingerprint density at radius 1 is 1.31 bits per heavy atom. The predicted octanol–water partition coefficient (Wildman–Crippen LogP) is 1.74. The second-order valence-corrected chi connectivity index (χ2v) is 4.69. The minimum atomic E-state index is 0.0525. The topological polar surface area (TPSA) is 50.7 Å². The Bertz CT molecular complexity index is 352. The second kappa shape index (κ2) is 4.84. The maximum Gasteiger partial charge on any atom is 0.200 e. The van der Waals surface area contributed by atoms with Gasteiger partial charge in [0.2, 0.25) is 5.75 Å². The Balaban J connectivity index is 2.37. The molecule has 0 aromatic heterocycles. The van der Waals surface area contributed by atoms with E-state index in [0.717, 1.165) is 17.9 Å². The number of nitrogens with one attached hydrogen (secondary N) is 1. The Kier molecular flexibility index (Phi) is 3.46. The molecule has 1 atom stereocenters. The lowest BCUT2D eigenvalue weighted by Crippen LogP contribution is -2.12. The van der Waals surface area contributed by atoms with Gasteiger partial charge in [-0.05, 0) is 17.7 Å². The quantitative estimate of drug-likeness (QED) is 0.844. The molecule has 88 valence electrons. The fraction of sp³-hybridized carbons (Fsp3) is 0.455. The van der Waals surface area contributed by atoms with Crippen LogP contribution in [-0.4, -0.2) is 31.6 Å². The van der Waals surface area contributed by atoms with Crippen LogP contribution in [0.5, 0.6) is 17.2 Å². The van der Waals surface area contributed by atoms with E-state index in [1.165, 1.54) is 14.2 Å². The third kappa shape index (κ3) is 2.05. The average molecular weight is 241 g/mol. The molecule has 4 nitrogen and oxygen atoms in total. The predicted molar refractivity (Wildman–Crippen MR) is 64.4 cm³/mol. The van der Waals surface area contributed by atoms with Crippen LogP contribution in [0.4, 0.5) is 0 Å². The van der Waals surface area contributed by atoms with Gasteiger partial charge in [0.1, 0.15) is 0 Å². The van der Waals surface area contributed by atoms with Gasteiger partial charge in [0.05, 0.1) is 19.6 Å². The highest BCUT2D eigenvalue weighted by Gasteiger charge is 2.20. The highest BCUT2D eigenvalue weighted by Crippen LogP contribution is 2.41. The van der Waals surface area contributed by atoms with E-state index in [2.05, 4.69) is 5.32 Å². The SMILES string of the molecule is COc1cc(C2NCCS2)cc(OC)c1O. The Hall–Kier alpha value is -1.07. The van der Waals surface area contributed by atoms with Crippen molar-refractivity contribution in [2.75, 3.05) is 26.5 Å². The molecule has 0 bridgehead atoms. The third-order valence-corrected chi connectivity index (χ3v) is 3.73. The molecule has 5 heteroatoms. The van der Waals surface area contributed by atoms with E-state index < -0.39 is 0 Å². The van der Waals surface area contributed by atoms with Gasteiger partial charge >= 0.3 is 0 Å². The molecule has 1 saturated heterocycles. The Morgan fingerprint density at radius 2 is 1.94 bits per heavy atom. The van der Waals surface area contributed by atoms with Crippen LogP contribution in [0.1, 0.15) is 10.9 Å². The summed E-state index contributed by atoms with van der Waals surface area (Å²) in [5.41, 5.74) is 1.06. The van der Waals surface area contributed by atoms with Gasteiger partial charge in [0, 0.05) is 12.3 Å². The van der Waals surface area contributed by atoms with Crippen LogP contribution >= 0.6 is 11.8 Å². The summed E-state index contributed by atoms with van der Waals surface area (Å²) in [5, 5.41) is 13.4. The van der Waals surface area contributed by atoms with Crippen molar-refractivity contribution < 1.29 is 14.6 Å². The fourth-order valence-corrected chi connectivity index (χ4v) is 2.74. The molecule has 16 heavy (non-hydrogen) atoms. The summed E-state index contributed by atoms with van der Waals surface area (Å²) < 4.78 is 10.2. The van der Waals surface area contributed by atoms with Crippen molar-refractivity contribution in [1.29, 1.82) is 0 Å². The monoisotopic (exact) mass is 241 g/mol. The third-order valence-electron chi connectivity index (χ3n) is 2.52. The molecule has 1 fully saturated rings. The zero-order valence-corrected chi connectivity index (χ0v) is 10.1. The molecule has 0 amide bonds. The molecule has 1 heterocycles. The summed E-state index contributed by atoms with van der Waals surface area (Å²) in [5.74, 6) is 2.04. The van der Waals surface area contributed by atoms with E-state index in [-0.39, 0.29) is 11.1 Å². The molecule has 1 aromatic rings. The van der Waals surface area contributed by atoms with Crippen molar-refractivity contribution in [3.05, 3.63) is 17.7 Å². The molecule has 1 aliphatic heterocycles. The van der Waals surface area contributed by atoms with Crippen LogP contribution in [0.15, 0.2) is 12.1 Å². The number of aromatic hydroxyl groups is 1. The first-order valence-corrected chi connectivity index (χ1v) is 6.11. The molecule has 2 N–H and O–H groups in total. The number of ether oxygens (including phenoxy) is 2. The number of methoxy groups -OCH3 is 2. The summed E-state index contributed by atoms with van der Waals surface area (Å²) in [7, 11) is 3.07. The van der Waals surface area contributed by atoms with Crippen molar-refractivity contribution in [1.82, 2.24) is 5.32 Å². The number of hydrogen-bond acceptors (Lipinski definition) is 5. The first-order valence-electron chi connectivity index (χ1n) is 5.06. The van der Waals surface area contributed by atoms with E-state index in [4.69, 9.17) is 9.47 Å². The number of phenolic OH excluding ortho intramolecular Hbond substituents is 1. The maximum atomic E-state index is 9.78. The van der Waals surface area contributed by atoms with Crippen LogP contribution in [-0.2, 0) is 0 Å². The normalized spacial score (nSPS) is 19.8. The molecule has 0 spiro atoms. The van der Waals surface area contributed by atoms with Gasteiger partial charge in [0.15, 0.2) is 11.5 Å².